The zero-order valence-electron chi connectivity index (χ0n) is 17.3. The van der Waals surface area contributed by atoms with Crippen molar-refractivity contribution in [2.24, 2.45) is 5.73 Å². The lowest BCUT2D eigenvalue weighted by Crippen LogP contribution is -2.24. The highest BCUT2D eigenvalue weighted by molar-refractivity contribution is 5.81. The molecule has 0 aliphatic heterocycles. The average Bonchev–Trinajstić information content (AvgIpc) is 3.18. The molecule has 0 saturated heterocycles. The van der Waals surface area contributed by atoms with Gasteiger partial charge < -0.3 is 20.9 Å². The largest absolute Gasteiger partial charge is 0.468 e. The van der Waals surface area contributed by atoms with Crippen LogP contribution >= 0.6 is 0 Å². The van der Waals surface area contributed by atoms with Gasteiger partial charge in [-0.3, -0.25) is 4.57 Å². The van der Waals surface area contributed by atoms with Crippen LogP contribution in [0.2, 0.25) is 0 Å². The first kappa shape index (κ1) is 21.5. The molecule has 0 aliphatic carbocycles. The van der Waals surface area contributed by atoms with Crippen LogP contribution < -0.4 is 15.8 Å². The van der Waals surface area contributed by atoms with E-state index >= 15 is 0 Å². The number of pyridine rings is 1. The first-order chi connectivity index (χ1) is 15.3. The van der Waals surface area contributed by atoms with Gasteiger partial charge in [-0.05, 0) is 56.3 Å². The number of aryl methyl sites for hydroxylation is 1. The fourth-order valence-corrected chi connectivity index (χ4v) is 3.01. The number of aliphatic hydroxyl groups is 1. The van der Waals surface area contributed by atoms with E-state index in [1.807, 2.05) is 37.3 Å². The molecule has 11 heteroatoms. The molecule has 0 spiro atoms. The van der Waals surface area contributed by atoms with E-state index in [0.29, 0.717) is 17.2 Å². The van der Waals surface area contributed by atoms with Crippen molar-refractivity contribution in [3.63, 3.8) is 0 Å². The Balaban J connectivity index is 1.66. The molecular weight excluding hydrogens is 420 g/mol. The summed E-state index contributed by atoms with van der Waals surface area (Å²) >= 11 is 0. The molecule has 166 valence electrons. The molecule has 0 radical (unpaired) electrons. The van der Waals surface area contributed by atoms with Gasteiger partial charge >= 0.3 is 0 Å². The fourth-order valence-electron chi connectivity index (χ4n) is 3.01. The Bertz CT molecular complexity index is 1230. The number of imidazole rings is 1. The molecule has 1 aromatic carbocycles. The third kappa shape index (κ3) is 4.48. The van der Waals surface area contributed by atoms with Gasteiger partial charge in [0, 0.05) is 5.69 Å². The number of rotatable bonds is 7. The van der Waals surface area contributed by atoms with E-state index in [-0.39, 0.29) is 11.4 Å². The van der Waals surface area contributed by atoms with Gasteiger partial charge in [0.15, 0.2) is 11.9 Å². The zero-order chi connectivity index (χ0) is 22.8. The van der Waals surface area contributed by atoms with Crippen molar-refractivity contribution in [1.29, 1.82) is 0 Å². The maximum absolute atomic E-state index is 13.0. The molecule has 4 rings (SSSR count). The van der Waals surface area contributed by atoms with Gasteiger partial charge in [0.25, 0.3) is 6.43 Å². The first-order valence-corrected chi connectivity index (χ1v) is 9.76. The van der Waals surface area contributed by atoms with Crippen LogP contribution in [0.3, 0.4) is 0 Å². The van der Waals surface area contributed by atoms with Gasteiger partial charge in [-0.1, -0.05) is 0 Å². The summed E-state index contributed by atoms with van der Waals surface area (Å²) in [5, 5.41) is 21.0. The number of nitrogens with two attached hydrogens (primary N) is 1. The number of benzene rings is 1. The predicted molar refractivity (Wildman–Crippen MR) is 114 cm³/mol. The summed E-state index contributed by atoms with van der Waals surface area (Å²) in [6.07, 6.45) is -4.01. The highest BCUT2D eigenvalue weighted by Gasteiger charge is 2.21. The van der Waals surface area contributed by atoms with Gasteiger partial charge in [0.1, 0.15) is 18.4 Å². The minimum atomic E-state index is -2.72. The molecule has 0 amide bonds. The lowest BCUT2D eigenvalue weighted by molar-refractivity contribution is 0.0180. The molecule has 9 nitrogen and oxygen atoms in total. The van der Waals surface area contributed by atoms with Crippen molar-refractivity contribution >= 4 is 22.5 Å². The molecule has 0 aliphatic rings. The number of nitrogens with zero attached hydrogens (tertiary/aromatic N) is 5. The summed E-state index contributed by atoms with van der Waals surface area (Å²) in [5.74, 6) is 0.809. The van der Waals surface area contributed by atoms with Gasteiger partial charge in [0.2, 0.25) is 5.88 Å². The molecule has 2 atom stereocenters. The van der Waals surface area contributed by atoms with Crippen LogP contribution in [-0.2, 0) is 0 Å². The van der Waals surface area contributed by atoms with E-state index in [9.17, 15) is 13.9 Å². The van der Waals surface area contributed by atoms with Crippen molar-refractivity contribution in [2.45, 2.75) is 32.6 Å². The minimum absolute atomic E-state index is 0.108. The Morgan fingerprint density at radius 3 is 2.62 bits per heavy atom. The Kier molecular flexibility index (Phi) is 5.93. The topological polar surface area (TPSA) is 124 Å². The summed E-state index contributed by atoms with van der Waals surface area (Å²) in [4.78, 5) is 8.70. The number of anilines is 2. The molecule has 2 unspecified atom stereocenters. The van der Waals surface area contributed by atoms with Gasteiger partial charge in [0.05, 0.1) is 22.3 Å². The SMILES string of the molecule is Cc1ccc(Nc2ccc3c(c2)ncn3-c2ccc(C(N)O)c(OC(C)C(F)F)n2)nn1. The number of nitrogens with one attached hydrogen (secondary N) is 1. The number of ether oxygens (including phenoxy) is 1. The maximum atomic E-state index is 13.0. The third-order valence-electron chi connectivity index (χ3n) is 4.71. The lowest BCUT2D eigenvalue weighted by atomic mass is 10.2. The molecule has 3 aromatic heterocycles. The van der Waals surface area contributed by atoms with Crippen molar-refractivity contribution in [3.05, 3.63) is 60.0 Å². The number of halogens is 2. The van der Waals surface area contributed by atoms with Crippen molar-refractivity contribution in [1.82, 2.24) is 24.7 Å². The monoisotopic (exact) mass is 441 g/mol. The van der Waals surface area contributed by atoms with Crippen LogP contribution in [0.5, 0.6) is 5.88 Å². The molecule has 32 heavy (non-hydrogen) atoms. The van der Waals surface area contributed by atoms with Crippen molar-refractivity contribution in [2.75, 3.05) is 5.32 Å². The molecule has 0 bridgehead atoms. The molecule has 4 N–H and O–H groups in total. The normalized spacial score (nSPS) is 13.3. The van der Waals surface area contributed by atoms with Crippen LogP contribution in [-0.4, -0.2) is 42.4 Å². The Morgan fingerprint density at radius 1 is 1.12 bits per heavy atom. The molecule has 0 saturated carbocycles. The highest BCUT2D eigenvalue weighted by Crippen LogP contribution is 2.27. The number of hydrogen-bond donors (Lipinski definition) is 3. The fraction of sp³-hybridized carbons (Fsp3) is 0.238. The van der Waals surface area contributed by atoms with E-state index < -0.39 is 18.8 Å². The van der Waals surface area contributed by atoms with E-state index in [4.69, 9.17) is 10.5 Å². The van der Waals surface area contributed by atoms with Gasteiger partial charge in [-0.2, -0.15) is 10.1 Å². The molecule has 3 heterocycles. The van der Waals surface area contributed by atoms with Crippen molar-refractivity contribution in [3.8, 4) is 11.7 Å². The first-order valence-electron chi connectivity index (χ1n) is 9.76. The van der Waals surface area contributed by atoms with Gasteiger partial charge in [-0.25, -0.2) is 13.8 Å². The summed E-state index contributed by atoms with van der Waals surface area (Å²) < 4.78 is 32.9. The number of fused-ring (bicyclic) bond motifs is 1. The number of aromatic nitrogens is 5. The van der Waals surface area contributed by atoms with E-state index in [0.717, 1.165) is 16.9 Å². The van der Waals surface area contributed by atoms with Crippen LogP contribution in [0.1, 0.15) is 24.4 Å². The minimum Gasteiger partial charge on any atom is -0.468 e. The summed E-state index contributed by atoms with van der Waals surface area (Å²) in [7, 11) is 0. The van der Waals surface area contributed by atoms with Crippen LogP contribution in [0.15, 0.2) is 48.8 Å². The van der Waals surface area contributed by atoms with Crippen LogP contribution in [0.4, 0.5) is 20.3 Å². The Hall–Kier alpha value is -3.70. The Morgan fingerprint density at radius 2 is 1.94 bits per heavy atom. The predicted octanol–water partition coefficient (Wildman–Crippen LogP) is 3.24. The molecule has 4 aromatic rings. The molecular formula is C21H21F2N7O2. The summed E-state index contributed by atoms with van der Waals surface area (Å²) in [6.45, 7) is 3.07. The second-order valence-corrected chi connectivity index (χ2v) is 7.17. The lowest BCUT2D eigenvalue weighted by Gasteiger charge is -2.18. The van der Waals surface area contributed by atoms with E-state index in [1.54, 1.807) is 17.0 Å². The maximum Gasteiger partial charge on any atom is 0.274 e. The van der Waals surface area contributed by atoms with Crippen molar-refractivity contribution < 1.29 is 18.6 Å². The quantitative estimate of drug-likeness (QED) is 0.374. The standard InChI is InChI=1S/C21H21F2N7O2/c1-11-3-7-17(29-28-11)26-13-4-6-16-15(9-13)25-10-30(16)18-8-5-14(20(24)31)21(27-18)32-12(2)19(22)23/h3-10,12,19-20,31H,24H2,1-2H3,(H,26,29). The Labute approximate surface area is 181 Å². The van der Waals surface area contributed by atoms with Crippen LogP contribution in [0.25, 0.3) is 16.9 Å². The number of aliphatic hydroxyl groups excluding tert-OH is 1. The summed E-state index contributed by atoms with van der Waals surface area (Å²) in [5.41, 5.74) is 8.62. The van der Waals surface area contributed by atoms with E-state index in [2.05, 4.69) is 25.5 Å². The summed E-state index contributed by atoms with van der Waals surface area (Å²) in [6, 6.07) is 12.3. The second-order valence-electron chi connectivity index (χ2n) is 7.17. The number of alkyl halides is 2. The second kappa shape index (κ2) is 8.81. The third-order valence-corrected chi connectivity index (χ3v) is 4.71. The van der Waals surface area contributed by atoms with E-state index in [1.165, 1.54) is 13.0 Å². The average molecular weight is 441 g/mol. The smallest absolute Gasteiger partial charge is 0.274 e. The van der Waals surface area contributed by atoms with Gasteiger partial charge in [-0.15, -0.1) is 5.10 Å². The molecule has 0 fully saturated rings. The zero-order valence-corrected chi connectivity index (χ0v) is 17.3. The highest BCUT2D eigenvalue weighted by atomic mass is 19.3. The number of hydrogen-bond acceptors (Lipinski definition) is 8. The van der Waals surface area contributed by atoms with Crippen LogP contribution in [0, 0.1) is 6.92 Å².